The highest BCUT2D eigenvalue weighted by molar-refractivity contribution is 9.10. The Morgan fingerprint density at radius 1 is 1.29 bits per heavy atom. The zero-order valence-corrected chi connectivity index (χ0v) is 21.1. The number of carboxylic acid groups (broad SMARTS) is 1. The van der Waals surface area contributed by atoms with E-state index in [2.05, 4.69) is 25.8 Å². The van der Waals surface area contributed by atoms with Crippen LogP contribution >= 0.6 is 15.9 Å². The van der Waals surface area contributed by atoms with E-state index in [-0.39, 0.29) is 35.8 Å². The number of carbonyl (C=O) groups is 1. The second-order valence-electron chi connectivity index (χ2n) is 10.4. The van der Waals surface area contributed by atoms with Crippen LogP contribution in [0.15, 0.2) is 10.5 Å². The van der Waals surface area contributed by atoms with Crippen molar-refractivity contribution < 1.29 is 23.4 Å². The van der Waals surface area contributed by atoms with Crippen LogP contribution in [0.4, 0.5) is 19.4 Å². The van der Waals surface area contributed by atoms with Crippen molar-refractivity contribution in [1.82, 2.24) is 19.8 Å². The molecule has 35 heavy (non-hydrogen) atoms. The van der Waals surface area contributed by atoms with E-state index in [4.69, 9.17) is 9.72 Å². The Hall–Kier alpha value is -2.27. The molecule has 4 atom stereocenters. The molecule has 4 aliphatic heterocycles. The van der Waals surface area contributed by atoms with E-state index in [1.54, 1.807) is 4.90 Å². The molecule has 1 N–H and O–H groups in total. The third-order valence-electron chi connectivity index (χ3n) is 8.25. The number of anilines is 1. The van der Waals surface area contributed by atoms with Crippen molar-refractivity contribution in [2.45, 2.75) is 62.8 Å². The van der Waals surface area contributed by atoms with Crippen molar-refractivity contribution in [1.29, 1.82) is 0 Å². The summed E-state index contributed by atoms with van der Waals surface area (Å²) in [6, 6.07) is 1.66. The fraction of sp³-hybridized carbons (Fsp3) is 0.625. The molecule has 6 rings (SSSR count). The number of hydrogen-bond donors (Lipinski definition) is 1. The number of rotatable bonds is 4. The number of nitrogens with zero attached hydrogens (tertiary/aromatic N) is 5. The molecule has 4 aliphatic rings. The zero-order chi connectivity index (χ0) is 24.5. The molecule has 0 radical (unpaired) electrons. The summed E-state index contributed by atoms with van der Waals surface area (Å²) in [6.07, 6.45) is 2.09. The number of benzene rings is 1. The van der Waals surface area contributed by atoms with Crippen molar-refractivity contribution in [3.05, 3.63) is 21.9 Å². The summed E-state index contributed by atoms with van der Waals surface area (Å²) >= 11 is 3.32. The van der Waals surface area contributed by atoms with Gasteiger partial charge in [0.1, 0.15) is 24.1 Å². The van der Waals surface area contributed by atoms with E-state index < -0.39 is 18.1 Å². The Morgan fingerprint density at radius 3 is 2.74 bits per heavy atom. The minimum atomic E-state index is -0.900. The quantitative estimate of drug-likeness (QED) is 0.611. The van der Waals surface area contributed by atoms with Gasteiger partial charge in [-0.25, -0.2) is 13.6 Å². The van der Waals surface area contributed by atoms with Crippen LogP contribution in [0.1, 0.15) is 37.7 Å². The predicted molar refractivity (Wildman–Crippen MR) is 129 cm³/mol. The summed E-state index contributed by atoms with van der Waals surface area (Å²) in [4.78, 5) is 26.7. The van der Waals surface area contributed by atoms with Crippen molar-refractivity contribution in [2.75, 3.05) is 37.7 Å². The van der Waals surface area contributed by atoms with Gasteiger partial charge in [0, 0.05) is 31.4 Å². The van der Waals surface area contributed by atoms with Crippen LogP contribution in [0.2, 0.25) is 0 Å². The SMILES string of the molecule is Cc1cc2c(N3C[C@H]4CC[C@@H](C3)N4C(=O)O)nc(OC[C@@]34CCCN3C[C@H](F)C4)nc2c(F)c1Br. The molecule has 4 fully saturated rings. The maximum absolute atomic E-state index is 15.4. The first-order chi connectivity index (χ1) is 16.8. The van der Waals surface area contributed by atoms with Gasteiger partial charge in [-0.05, 0) is 66.7 Å². The molecule has 1 aromatic heterocycles. The number of ether oxygens (including phenoxy) is 1. The lowest BCUT2D eigenvalue weighted by atomic mass is 9.95. The van der Waals surface area contributed by atoms with Gasteiger partial charge in [-0.1, -0.05) is 0 Å². The molecule has 4 saturated heterocycles. The normalized spacial score (nSPS) is 30.3. The van der Waals surface area contributed by atoms with Crippen LogP contribution in [0.5, 0.6) is 6.01 Å². The molecular formula is C24H28BrF2N5O3. The maximum Gasteiger partial charge on any atom is 0.407 e. The summed E-state index contributed by atoms with van der Waals surface area (Å²) in [7, 11) is 0. The van der Waals surface area contributed by atoms with Crippen molar-refractivity contribution >= 4 is 38.7 Å². The number of piperazine rings is 1. The lowest BCUT2D eigenvalue weighted by Crippen LogP contribution is -2.55. The molecular weight excluding hydrogens is 524 g/mol. The number of aryl methyl sites for hydroxylation is 1. The molecule has 1 amide bonds. The molecule has 5 heterocycles. The highest BCUT2D eigenvalue weighted by atomic mass is 79.9. The molecule has 0 unspecified atom stereocenters. The van der Waals surface area contributed by atoms with Gasteiger partial charge in [0.05, 0.1) is 22.1 Å². The van der Waals surface area contributed by atoms with Gasteiger partial charge in [-0.2, -0.15) is 9.97 Å². The second-order valence-corrected chi connectivity index (χ2v) is 11.2. The first kappa shape index (κ1) is 23.1. The Balaban J connectivity index is 1.37. The van der Waals surface area contributed by atoms with Crippen molar-refractivity contribution in [2.24, 2.45) is 0 Å². The molecule has 0 saturated carbocycles. The van der Waals surface area contributed by atoms with E-state index in [9.17, 15) is 14.3 Å². The van der Waals surface area contributed by atoms with Crippen LogP contribution in [-0.2, 0) is 0 Å². The largest absolute Gasteiger partial charge is 0.465 e. The van der Waals surface area contributed by atoms with Gasteiger partial charge in [-0.15, -0.1) is 0 Å². The number of fused-ring (bicyclic) bond motifs is 4. The maximum atomic E-state index is 15.4. The van der Waals surface area contributed by atoms with E-state index in [1.807, 2.05) is 17.9 Å². The van der Waals surface area contributed by atoms with Crippen molar-refractivity contribution in [3.8, 4) is 6.01 Å². The number of hydrogen-bond acceptors (Lipinski definition) is 6. The minimum absolute atomic E-state index is 0.0682. The molecule has 2 bridgehead atoms. The highest BCUT2D eigenvalue weighted by Gasteiger charge is 2.49. The van der Waals surface area contributed by atoms with Crippen LogP contribution in [0.25, 0.3) is 10.9 Å². The zero-order valence-electron chi connectivity index (χ0n) is 19.5. The first-order valence-corrected chi connectivity index (χ1v) is 13.0. The molecule has 188 valence electrons. The highest BCUT2D eigenvalue weighted by Crippen LogP contribution is 2.41. The van der Waals surface area contributed by atoms with Gasteiger partial charge in [-0.3, -0.25) is 9.80 Å². The van der Waals surface area contributed by atoms with E-state index >= 15 is 4.39 Å². The van der Waals surface area contributed by atoms with Crippen LogP contribution in [-0.4, -0.2) is 87.5 Å². The van der Waals surface area contributed by atoms with Gasteiger partial charge in [0.15, 0.2) is 5.82 Å². The molecule has 0 spiro atoms. The summed E-state index contributed by atoms with van der Waals surface area (Å²) in [6.45, 7) is 4.30. The minimum Gasteiger partial charge on any atom is -0.465 e. The fourth-order valence-electron chi connectivity index (χ4n) is 6.64. The standard InChI is InChI=1S/C24H28BrF2N5O3/c1-13-7-17-20(19(27)18(13)25)28-22(35-12-24-5-2-6-31(24)9-14(26)8-24)29-21(17)30-10-15-3-4-16(11-30)32(15)23(33)34/h7,14-16H,2-6,8-12H2,1H3,(H,33,34)/t14-,15-,16+,24+/m1/s1. The second kappa shape index (κ2) is 8.40. The topological polar surface area (TPSA) is 82.0 Å². The first-order valence-electron chi connectivity index (χ1n) is 12.2. The smallest absolute Gasteiger partial charge is 0.407 e. The van der Waals surface area contributed by atoms with Gasteiger partial charge in [0.25, 0.3) is 0 Å². The molecule has 8 nitrogen and oxygen atoms in total. The van der Waals surface area contributed by atoms with Crippen LogP contribution in [0, 0.1) is 12.7 Å². The number of aromatic nitrogens is 2. The van der Waals surface area contributed by atoms with E-state index in [1.165, 1.54) is 0 Å². The van der Waals surface area contributed by atoms with E-state index in [0.29, 0.717) is 41.7 Å². The van der Waals surface area contributed by atoms with Gasteiger partial charge in [0.2, 0.25) is 0 Å². The Labute approximate surface area is 210 Å². The third-order valence-corrected chi connectivity index (χ3v) is 9.22. The number of alkyl halides is 1. The Morgan fingerprint density at radius 2 is 2.03 bits per heavy atom. The lowest BCUT2D eigenvalue weighted by Gasteiger charge is -2.40. The van der Waals surface area contributed by atoms with Crippen LogP contribution in [0.3, 0.4) is 0 Å². The summed E-state index contributed by atoms with van der Waals surface area (Å²) < 4.78 is 36.0. The van der Waals surface area contributed by atoms with Gasteiger partial charge >= 0.3 is 12.1 Å². The van der Waals surface area contributed by atoms with Crippen molar-refractivity contribution in [3.63, 3.8) is 0 Å². The molecule has 1 aromatic carbocycles. The molecule has 0 aliphatic carbocycles. The average Bonchev–Trinajstić information content (AvgIpc) is 3.43. The summed E-state index contributed by atoms with van der Waals surface area (Å²) in [5, 5.41) is 10.2. The average molecular weight is 552 g/mol. The summed E-state index contributed by atoms with van der Waals surface area (Å²) in [5.74, 6) is 0.0722. The lowest BCUT2D eigenvalue weighted by molar-refractivity contribution is 0.107. The molecule has 2 aromatic rings. The van der Waals surface area contributed by atoms with E-state index in [0.717, 1.165) is 37.8 Å². The predicted octanol–water partition coefficient (Wildman–Crippen LogP) is 4.13. The fourth-order valence-corrected chi connectivity index (χ4v) is 6.94. The Kier molecular flexibility index (Phi) is 5.55. The summed E-state index contributed by atoms with van der Waals surface area (Å²) in [5.41, 5.74) is 0.517. The number of amides is 1. The number of halogens is 3. The third kappa shape index (κ3) is 3.73. The Bertz CT molecular complexity index is 1190. The van der Waals surface area contributed by atoms with Crippen LogP contribution < -0.4 is 9.64 Å². The monoisotopic (exact) mass is 551 g/mol. The van der Waals surface area contributed by atoms with Gasteiger partial charge < -0.3 is 14.7 Å². The molecule has 11 heteroatoms.